The van der Waals surface area contributed by atoms with Gasteiger partial charge in [-0.05, 0) is 108 Å². The Morgan fingerprint density at radius 1 is 0.448 bits per heavy atom. The van der Waals surface area contributed by atoms with Crippen molar-refractivity contribution in [1.82, 2.24) is 0 Å². The number of hydrogen-bond donors (Lipinski definition) is 1. The second-order valence-electron chi connectivity index (χ2n) is 22.2. The number of hydrogen-bond acceptors (Lipinski definition) is 8. The number of ether oxygens (including phenoxy) is 5. The molecule has 8 bridgehead atoms. The number of phenols is 1. The van der Waals surface area contributed by atoms with Crippen LogP contribution in [0.3, 0.4) is 0 Å². The van der Waals surface area contributed by atoms with Crippen LogP contribution in [0.4, 0.5) is 0 Å². The van der Waals surface area contributed by atoms with Crippen LogP contribution in [-0.2, 0) is 73.0 Å². The van der Waals surface area contributed by atoms with E-state index in [1.54, 1.807) is 13.8 Å². The molecule has 0 amide bonds. The summed E-state index contributed by atoms with van der Waals surface area (Å²) in [6.45, 7) is 30.2. The number of aromatic hydroxyl groups is 1. The van der Waals surface area contributed by atoms with Crippen LogP contribution in [0.1, 0.15) is 169 Å². The molecule has 0 saturated heterocycles. The van der Waals surface area contributed by atoms with Crippen LogP contribution in [0.2, 0.25) is 0 Å². The van der Waals surface area contributed by atoms with E-state index in [0.29, 0.717) is 43.8 Å². The number of phenolic OH excluding ortho intramolecular Hbond substituents is 1. The number of carbonyl (C=O) groups is 2. The van der Waals surface area contributed by atoms with Crippen LogP contribution in [-0.4, -0.2) is 43.5 Å². The smallest absolute Gasteiger partial charge is 0.344 e. The maximum atomic E-state index is 13.2. The lowest BCUT2D eigenvalue weighted by Crippen LogP contribution is -2.20. The fourth-order valence-corrected chi connectivity index (χ4v) is 8.59. The Hall–Kier alpha value is -5.76. The summed E-state index contributed by atoms with van der Waals surface area (Å²) in [6, 6.07) is 27.6. The van der Waals surface area contributed by atoms with E-state index in [4.69, 9.17) is 23.7 Å². The molecule has 0 fully saturated rings. The Labute approximate surface area is 400 Å². The first-order chi connectivity index (χ1) is 31.3. The van der Waals surface area contributed by atoms with Crippen molar-refractivity contribution in [3.63, 3.8) is 0 Å². The first kappa shape index (κ1) is 50.6. The molecular formula is C59H74O8. The number of carbonyl (C=O) groups excluding carboxylic acids is 2. The maximum absolute atomic E-state index is 13.2. The summed E-state index contributed by atoms with van der Waals surface area (Å²) in [5.74, 6) is 1.16. The van der Waals surface area contributed by atoms with Gasteiger partial charge in [0.25, 0.3) is 0 Å². The summed E-state index contributed by atoms with van der Waals surface area (Å²) < 4.78 is 31.1. The van der Waals surface area contributed by atoms with E-state index in [1.807, 2.05) is 18.2 Å². The second-order valence-corrected chi connectivity index (χ2v) is 22.2. The number of esters is 2. The van der Waals surface area contributed by atoms with Gasteiger partial charge in [0, 0.05) is 25.7 Å². The van der Waals surface area contributed by atoms with Crippen molar-refractivity contribution in [2.75, 3.05) is 26.4 Å². The highest BCUT2D eigenvalue weighted by atomic mass is 16.6. The van der Waals surface area contributed by atoms with Gasteiger partial charge in [0.2, 0.25) is 0 Å². The van der Waals surface area contributed by atoms with E-state index in [-0.39, 0.29) is 53.8 Å². The normalized spacial score (nSPS) is 13.2. The van der Waals surface area contributed by atoms with Crippen LogP contribution >= 0.6 is 0 Å². The van der Waals surface area contributed by atoms with Crippen molar-refractivity contribution >= 4 is 11.9 Å². The molecule has 0 radical (unpaired) electrons. The van der Waals surface area contributed by atoms with E-state index >= 15 is 0 Å². The highest BCUT2D eigenvalue weighted by Gasteiger charge is 2.29. The molecule has 6 rings (SSSR count). The third-order valence-electron chi connectivity index (χ3n) is 12.5. The largest absolute Gasteiger partial charge is 0.507 e. The minimum absolute atomic E-state index is 0.213. The molecule has 0 saturated carbocycles. The average Bonchev–Trinajstić information content (AvgIpc) is 3.22. The van der Waals surface area contributed by atoms with Crippen molar-refractivity contribution < 1.29 is 38.4 Å². The van der Waals surface area contributed by atoms with Gasteiger partial charge < -0.3 is 28.8 Å². The molecule has 0 atom stereocenters. The van der Waals surface area contributed by atoms with Gasteiger partial charge in [-0.15, -0.1) is 0 Å². The van der Waals surface area contributed by atoms with E-state index in [9.17, 15) is 14.7 Å². The molecule has 8 nitrogen and oxygen atoms in total. The fourth-order valence-electron chi connectivity index (χ4n) is 8.59. The van der Waals surface area contributed by atoms with Crippen LogP contribution in [0.5, 0.6) is 23.0 Å². The van der Waals surface area contributed by atoms with Gasteiger partial charge in [0.1, 0.15) is 29.6 Å². The summed E-state index contributed by atoms with van der Waals surface area (Å²) in [4.78, 5) is 26.2. The molecule has 1 N–H and O–H groups in total. The number of benzene rings is 5. The molecule has 358 valence electrons. The molecule has 0 aliphatic heterocycles. The van der Waals surface area contributed by atoms with Crippen molar-refractivity contribution in [2.45, 2.75) is 151 Å². The molecule has 1 aliphatic rings. The molecule has 0 unspecified atom stereocenters. The Morgan fingerprint density at radius 2 is 0.731 bits per heavy atom. The summed E-state index contributed by atoms with van der Waals surface area (Å²) in [6.07, 6.45) is 1.47. The molecule has 8 heteroatoms. The summed E-state index contributed by atoms with van der Waals surface area (Å²) in [7, 11) is 0. The van der Waals surface area contributed by atoms with Gasteiger partial charge in [0.15, 0.2) is 13.2 Å². The zero-order valence-electron chi connectivity index (χ0n) is 42.7. The van der Waals surface area contributed by atoms with Crippen molar-refractivity contribution in [1.29, 1.82) is 0 Å². The van der Waals surface area contributed by atoms with Crippen molar-refractivity contribution in [3.8, 4) is 23.0 Å². The van der Waals surface area contributed by atoms with Gasteiger partial charge in [-0.1, -0.05) is 162 Å². The number of fused-ring (bicyclic) bond motifs is 8. The standard InChI is InChI=1S/C59H74O8/c1-15-63-50(60)35-66-54-41-23-39-27-46(56(3,4)5)26-38(52(39)62)22-40-28-47(57(6,7)8)30-42(53(40)65-34-37-20-18-17-19-21-37)24-44-32-49(59(12,13)14)33-45(55(44)67-36-51(61)64-16-2)25-43(54)31-48(29-41)58(9,10)11/h17-21,26-33,62H,15-16,22-25,34-36H2,1-14H3. The van der Waals surface area contributed by atoms with Crippen LogP contribution in [0, 0.1) is 0 Å². The highest BCUT2D eigenvalue weighted by molar-refractivity contribution is 5.72. The molecule has 0 aromatic heterocycles. The van der Waals surface area contributed by atoms with E-state index in [2.05, 4.69) is 144 Å². The molecule has 5 aromatic carbocycles. The molecular weight excluding hydrogens is 837 g/mol. The molecule has 0 heterocycles. The monoisotopic (exact) mass is 911 g/mol. The predicted octanol–water partition coefficient (Wildman–Crippen LogP) is 12.7. The molecule has 0 spiro atoms. The van der Waals surface area contributed by atoms with Gasteiger partial charge in [-0.3, -0.25) is 0 Å². The minimum Gasteiger partial charge on any atom is -0.507 e. The zero-order valence-corrected chi connectivity index (χ0v) is 42.7. The topological polar surface area (TPSA) is 101 Å². The molecule has 67 heavy (non-hydrogen) atoms. The fraction of sp³-hybridized carbons (Fsp3) is 0.458. The quantitative estimate of drug-likeness (QED) is 0.128. The summed E-state index contributed by atoms with van der Waals surface area (Å²) in [5.41, 5.74) is 11.2. The Kier molecular flexibility index (Phi) is 15.3. The average molecular weight is 911 g/mol. The SMILES string of the molecule is CCOC(=O)COc1c2cc(C(C)(C)C)cc1Cc1cc(C(C)(C)C)cc(c1OCC(=O)OCC)Cc1cc(C(C)(C)C)cc(c1OCc1ccccc1)Cc1cc(C(C)(C)C)cc(c1O)C2. The lowest BCUT2D eigenvalue weighted by Gasteiger charge is -2.29. The Bertz CT molecular complexity index is 2570. The minimum atomic E-state index is -0.474. The summed E-state index contributed by atoms with van der Waals surface area (Å²) in [5, 5.41) is 12.6. The van der Waals surface area contributed by atoms with E-state index in [1.165, 1.54) is 0 Å². The van der Waals surface area contributed by atoms with Crippen LogP contribution < -0.4 is 14.2 Å². The first-order valence-corrected chi connectivity index (χ1v) is 23.9. The van der Waals surface area contributed by atoms with E-state index in [0.717, 1.165) is 78.1 Å². The van der Waals surface area contributed by atoms with Crippen LogP contribution in [0.25, 0.3) is 0 Å². The maximum Gasteiger partial charge on any atom is 0.344 e. The zero-order chi connectivity index (χ0) is 49.1. The lowest BCUT2D eigenvalue weighted by atomic mass is 9.79. The van der Waals surface area contributed by atoms with Gasteiger partial charge in [0.05, 0.1) is 13.2 Å². The second kappa shape index (κ2) is 20.2. The Morgan fingerprint density at radius 3 is 1.03 bits per heavy atom. The third kappa shape index (κ3) is 12.6. The lowest BCUT2D eigenvalue weighted by molar-refractivity contribution is -0.146. The highest BCUT2D eigenvalue weighted by Crippen LogP contribution is 2.44. The number of rotatable bonds is 11. The van der Waals surface area contributed by atoms with Gasteiger partial charge >= 0.3 is 11.9 Å². The third-order valence-corrected chi connectivity index (χ3v) is 12.5. The Balaban J connectivity index is 1.76. The van der Waals surface area contributed by atoms with Crippen molar-refractivity contribution in [2.24, 2.45) is 0 Å². The van der Waals surface area contributed by atoms with E-state index < -0.39 is 11.9 Å². The summed E-state index contributed by atoms with van der Waals surface area (Å²) >= 11 is 0. The van der Waals surface area contributed by atoms with Crippen molar-refractivity contribution in [3.05, 3.63) is 151 Å². The first-order valence-electron chi connectivity index (χ1n) is 23.9. The van der Waals surface area contributed by atoms with Gasteiger partial charge in [-0.25, -0.2) is 9.59 Å². The van der Waals surface area contributed by atoms with Crippen LogP contribution in [0.15, 0.2) is 78.9 Å². The molecule has 5 aromatic rings. The van der Waals surface area contributed by atoms with Gasteiger partial charge in [-0.2, -0.15) is 0 Å². The molecule has 1 aliphatic carbocycles. The predicted molar refractivity (Wildman–Crippen MR) is 268 cm³/mol.